The maximum absolute atomic E-state index is 13.1. The van der Waals surface area contributed by atoms with Crippen LogP contribution in [0.15, 0.2) is 53.3 Å². The summed E-state index contributed by atoms with van der Waals surface area (Å²) in [7, 11) is 0. The number of alkyl halides is 3. The summed E-state index contributed by atoms with van der Waals surface area (Å²) in [6, 6.07) is 11.0. The molecule has 0 aliphatic heterocycles. The molecule has 1 amide bonds. The van der Waals surface area contributed by atoms with E-state index in [-0.39, 0.29) is 16.7 Å². The summed E-state index contributed by atoms with van der Waals surface area (Å²) in [5, 5.41) is 3.29. The smallest absolute Gasteiger partial charge is 0.322 e. The summed E-state index contributed by atoms with van der Waals surface area (Å²) < 4.78 is 39.4. The van der Waals surface area contributed by atoms with Crippen LogP contribution in [0.1, 0.15) is 42.3 Å². The fraction of sp³-hybridized carbons (Fsp3) is 0.238. The van der Waals surface area contributed by atoms with Gasteiger partial charge in [0.05, 0.1) is 16.6 Å². The van der Waals surface area contributed by atoms with Gasteiger partial charge >= 0.3 is 6.18 Å². The van der Waals surface area contributed by atoms with Gasteiger partial charge in [0, 0.05) is 17.1 Å². The summed E-state index contributed by atoms with van der Waals surface area (Å²) in [4.78, 5) is 27.1. The van der Waals surface area contributed by atoms with E-state index in [1.54, 1.807) is 18.2 Å². The molecule has 0 saturated heterocycles. The van der Waals surface area contributed by atoms with E-state index in [2.05, 4.69) is 10.3 Å². The van der Waals surface area contributed by atoms with Gasteiger partial charge in [-0.05, 0) is 35.2 Å². The third-order valence-electron chi connectivity index (χ3n) is 4.39. The Bertz CT molecular complexity index is 1110. The summed E-state index contributed by atoms with van der Waals surface area (Å²) in [5.41, 5.74) is -0.405. The van der Waals surface area contributed by atoms with E-state index in [1.165, 1.54) is 18.2 Å². The Morgan fingerprint density at radius 1 is 0.964 bits per heavy atom. The van der Waals surface area contributed by atoms with Crippen molar-refractivity contribution in [3.8, 4) is 0 Å². The van der Waals surface area contributed by atoms with Crippen LogP contribution in [0.2, 0.25) is 0 Å². The van der Waals surface area contributed by atoms with E-state index in [0.29, 0.717) is 5.52 Å². The molecular formula is C21H19F3N2O2. The molecule has 7 heteroatoms. The minimum Gasteiger partial charge on any atom is -0.322 e. The van der Waals surface area contributed by atoms with Crippen molar-refractivity contribution in [3.63, 3.8) is 0 Å². The fourth-order valence-electron chi connectivity index (χ4n) is 3.09. The van der Waals surface area contributed by atoms with Gasteiger partial charge in [-0.3, -0.25) is 9.59 Å². The zero-order valence-corrected chi connectivity index (χ0v) is 15.6. The molecule has 28 heavy (non-hydrogen) atoms. The van der Waals surface area contributed by atoms with Crippen molar-refractivity contribution < 1.29 is 18.0 Å². The zero-order chi connectivity index (χ0) is 20.7. The molecule has 0 spiro atoms. The number of pyridine rings is 1. The predicted molar refractivity (Wildman–Crippen MR) is 103 cm³/mol. The summed E-state index contributed by atoms with van der Waals surface area (Å²) in [6.07, 6.45) is -4.63. The van der Waals surface area contributed by atoms with Gasteiger partial charge in [-0.1, -0.05) is 39.0 Å². The van der Waals surface area contributed by atoms with Crippen LogP contribution in [0.5, 0.6) is 0 Å². The van der Waals surface area contributed by atoms with E-state index in [9.17, 15) is 22.8 Å². The highest BCUT2D eigenvalue weighted by atomic mass is 19.4. The Labute approximate surface area is 159 Å². The molecule has 0 aliphatic carbocycles. The number of amides is 1. The molecule has 0 unspecified atom stereocenters. The van der Waals surface area contributed by atoms with Gasteiger partial charge in [-0.25, -0.2) is 0 Å². The molecule has 3 rings (SSSR count). The number of halogens is 3. The second-order valence-corrected chi connectivity index (χ2v) is 7.56. The highest BCUT2D eigenvalue weighted by Gasteiger charge is 2.34. The van der Waals surface area contributed by atoms with Gasteiger partial charge in [0.25, 0.3) is 5.91 Å². The lowest BCUT2D eigenvalue weighted by molar-refractivity contribution is -0.137. The number of H-pyrrole nitrogens is 1. The Morgan fingerprint density at radius 3 is 2.29 bits per heavy atom. The van der Waals surface area contributed by atoms with Gasteiger partial charge in [0.1, 0.15) is 0 Å². The lowest BCUT2D eigenvalue weighted by atomic mass is 9.85. The molecule has 0 radical (unpaired) electrons. The van der Waals surface area contributed by atoms with Crippen LogP contribution in [0, 0.1) is 0 Å². The first kappa shape index (κ1) is 19.7. The van der Waals surface area contributed by atoms with E-state index in [1.807, 2.05) is 20.8 Å². The minimum atomic E-state index is -4.63. The molecule has 0 bridgehead atoms. The van der Waals surface area contributed by atoms with Crippen LogP contribution in [0.3, 0.4) is 0 Å². The Hall–Kier alpha value is -3.09. The average Bonchev–Trinajstić information content (AvgIpc) is 2.59. The van der Waals surface area contributed by atoms with Crippen molar-refractivity contribution in [3.05, 3.63) is 75.6 Å². The van der Waals surface area contributed by atoms with Gasteiger partial charge in [0.2, 0.25) is 5.56 Å². The second-order valence-electron chi connectivity index (χ2n) is 7.56. The van der Waals surface area contributed by atoms with Gasteiger partial charge in [0.15, 0.2) is 0 Å². The SMILES string of the molecule is CC(C)(C)c1cc(=O)[nH]c2cc(NC(=O)c3ccccc3C(F)(F)F)ccc12. The Balaban J connectivity index is 2.01. The summed E-state index contributed by atoms with van der Waals surface area (Å²) in [6.45, 7) is 5.93. The number of aromatic amines is 1. The van der Waals surface area contributed by atoms with E-state index < -0.39 is 23.2 Å². The minimum absolute atomic E-state index is 0.275. The summed E-state index contributed by atoms with van der Waals surface area (Å²) >= 11 is 0. The molecule has 0 saturated carbocycles. The number of carbonyl (C=O) groups is 1. The number of fused-ring (bicyclic) bond motifs is 1. The monoisotopic (exact) mass is 388 g/mol. The molecule has 3 aromatic rings. The molecule has 146 valence electrons. The van der Waals surface area contributed by atoms with Crippen molar-refractivity contribution in [2.45, 2.75) is 32.4 Å². The van der Waals surface area contributed by atoms with Crippen LogP contribution in [0.25, 0.3) is 10.9 Å². The highest BCUT2D eigenvalue weighted by molar-refractivity contribution is 6.06. The molecule has 1 aromatic heterocycles. The Kier molecular flexibility index (Phi) is 4.79. The predicted octanol–water partition coefficient (Wildman–Crippen LogP) is 5.10. The van der Waals surface area contributed by atoms with Crippen LogP contribution in [-0.4, -0.2) is 10.9 Å². The van der Waals surface area contributed by atoms with E-state index in [0.717, 1.165) is 23.1 Å². The fourth-order valence-corrected chi connectivity index (χ4v) is 3.09. The highest BCUT2D eigenvalue weighted by Crippen LogP contribution is 2.33. The largest absolute Gasteiger partial charge is 0.417 e. The standard InChI is InChI=1S/C21H19F3N2O2/c1-20(2,3)16-11-18(27)26-17-10-12(8-9-13(16)17)25-19(28)14-6-4-5-7-15(14)21(22,23)24/h4-11H,1-3H3,(H,25,28)(H,26,27). The zero-order valence-electron chi connectivity index (χ0n) is 15.6. The van der Waals surface area contributed by atoms with Crippen molar-refractivity contribution in [2.24, 2.45) is 0 Å². The molecule has 0 aliphatic rings. The van der Waals surface area contributed by atoms with Crippen molar-refractivity contribution in [1.29, 1.82) is 0 Å². The summed E-state index contributed by atoms with van der Waals surface area (Å²) in [5.74, 6) is -0.874. The first-order valence-corrected chi connectivity index (χ1v) is 8.62. The number of hydrogen-bond donors (Lipinski definition) is 2. The third-order valence-corrected chi connectivity index (χ3v) is 4.39. The van der Waals surface area contributed by atoms with Crippen molar-refractivity contribution in [2.75, 3.05) is 5.32 Å². The number of aromatic nitrogens is 1. The van der Waals surface area contributed by atoms with Crippen LogP contribution in [0.4, 0.5) is 18.9 Å². The molecule has 4 nitrogen and oxygen atoms in total. The maximum Gasteiger partial charge on any atom is 0.417 e. The number of benzene rings is 2. The average molecular weight is 388 g/mol. The van der Waals surface area contributed by atoms with E-state index >= 15 is 0 Å². The van der Waals surface area contributed by atoms with Crippen LogP contribution < -0.4 is 10.9 Å². The van der Waals surface area contributed by atoms with Crippen molar-refractivity contribution in [1.82, 2.24) is 4.98 Å². The quantitative estimate of drug-likeness (QED) is 0.642. The topological polar surface area (TPSA) is 62.0 Å². The number of rotatable bonds is 2. The lowest BCUT2D eigenvalue weighted by Gasteiger charge is -2.21. The van der Waals surface area contributed by atoms with E-state index in [4.69, 9.17) is 0 Å². The Morgan fingerprint density at radius 2 is 1.64 bits per heavy atom. The molecule has 1 heterocycles. The second kappa shape index (κ2) is 6.82. The maximum atomic E-state index is 13.1. The third kappa shape index (κ3) is 3.93. The molecule has 2 N–H and O–H groups in total. The van der Waals surface area contributed by atoms with Crippen LogP contribution in [-0.2, 0) is 11.6 Å². The first-order chi connectivity index (χ1) is 13.0. The van der Waals surface area contributed by atoms with Gasteiger partial charge in [-0.15, -0.1) is 0 Å². The number of hydrogen-bond acceptors (Lipinski definition) is 2. The molecule has 0 fully saturated rings. The van der Waals surface area contributed by atoms with Crippen molar-refractivity contribution >= 4 is 22.5 Å². The normalized spacial score (nSPS) is 12.2. The van der Waals surface area contributed by atoms with Gasteiger partial charge in [-0.2, -0.15) is 13.2 Å². The number of nitrogens with one attached hydrogen (secondary N) is 2. The number of carbonyl (C=O) groups excluding carboxylic acids is 1. The molecule has 0 atom stereocenters. The molecule has 2 aromatic carbocycles. The lowest BCUT2D eigenvalue weighted by Crippen LogP contribution is -2.19. The number of anilines is 1. The van der Waals surface area contributed by atoms with Gasteiger partial charge < -0.3 is 10.3 Å². The van der Waals surface area contributed by atoms with Crippen LogP contribution >= 0.6 is 0 Å². The molecular weight excluding hydrogens is 369 g/mol. The first-order valence-electron chi connectivity index (χ1n) is 8.62.